The van der Waals surface area contributed by atoms with Gasteiger partial charge < -0.3 is 10.6 Å². The SMILES string of the molecule is CC(C)NCCS(=O)CCC(=O)NCCC(C)(C)C. The number of hydrogen-bond acceptors (Lipinski definition) is 3. The second-order valence-corrected chi connectivity index (χ2v) is 8.06. The van der Waals surface area contributed by atoms with E-state index in [9.17, 15) is 9.00 Å². The molecule has 0 radical (unpaired) electrons. The zero-order valence-corrected chi connectivity index (χ0v) is 13.9. The van der Waals surface area contributed by atoms with E-state index in [1.54, 1.807) is 0 Å². The van der Waals surface area contributed by atoms with Crippen LogP contribution >= 0.6 is 0 Å². The first-order chi connectivity index (χ1) is 8.70. The van der Waals surface area contributed by atoms with Crippen LogP contribution in [0.2, 0.25) is 0 Å². The average molecular weight is 290 g/mol. The van der Waals surface area contributed by atoms with Gasteiger partial charge in [-0.25, -0.2) is 0 Å². The fraction of sp³-hybridized carbons (Fsp3) is 0.929. The van der Waals surface area contributed by atoms with Crippen molar-refractivity contribution in [3.63, 3.8) is 0 Å². The van der Waals surface area contributed by atoms with Gasteiger partial charge in [-0.2, -0.15) is 0 Å². The molecule has 1 unspecified atom stereocenters. The van der Waals surface area contributed by atoms with Crippen molar-refractivity contribution < 1.29 is 9.00 Å². The molecule has 0 heterocycles. The van der Waals surface area contributed by atoms with E-state index >= 15 is 0 Å². The normalized spacial score (nSPS) is 13.6. The molecule has 0 rings (SSSR count). The highest BCUT2D eigenvalue weighted by Gasteiger charge is 2.11. The lowest BCUT2D eigenvalue weighted by atomic mass is 9.92. The zero-order chi connectivity index (χ0) is 14.9. The van der Waals surface area contributed by atoms with Gasteiger partial charge in [-0.3, -0.25) is 9.00 Å². The summed E-state index contributed by atoms with van der Waals surface area (Å²) in [6.07, 6.45) is 1.32. The van der Waals surface area contributed by atoms with E-state index in [0.29, 0.717) is 30.5 Å². The summed E-state index contributed by atoms with van der Waals surface area (Å²) in [4.78, 5) is 11.6. The monoisotopic (exact) mass is 290 g/mol. The molecule has 0 aliphatic rings. The molecule has 0 aromatic heterocycles. The summed E-state index contributed by atoms with van der Waals surface area (Å²) in [6, 6.07) is 0.415. The Morgan fingerprint density at radius 2 is 1.79 bits per heavy atom. The Balaban J connectivity index is 3.59. The maximum absolute atomic E-state index is 11.7. The van der Waals surface area contributed by atoms with E-state index in [4.69, 9.17) is 0 Å². The molecule has 1 amide bonds. The zero-order valence-electron chi connectivity index (χ0n) is 13.0. The predicted molar refractivity (Wildman–Crippen MR) is 82.7 cm³/mol. The minimum atomic E-state index is -0.903. The average Bonchev–Trinajstić information content (AvgIpc) is 2.24. The Labute approximate surface area is 120 Å². The van der Waals surface area contributed by atoms with Crippen LogP contribution in [-0.4, -0.2) is 40.8 Å². The minimum absolute atomic E-state index is 0.00872. The lowest BCUT2D eigenvalue weighted by molar-refractivity contribution is -0.120. The molecule has 0 bridgehead atoms. The third-order valence-electron chi connectivity index (χ3n) is 2.64. The molecule has 0 aromatic rings. The molecular weight excluding hydrogens is 260 g/mol. The van der Waals surface area contributed by atoms with Crippen molar-refractivity contribution in [2.24, 2.45) is 5.41 Å². The Bertz CT molecular complexity index is 286. The Hall–Kier alpha value is -0.420. The number of carbonyl (C=O) groups excluding carboxylic acids is 1. The van der Waals surface area contributed by atoms with Gasteiger partial charge >= 0.3 is 0 Å². The lowest BCUT2D eigenvalue weighted by Crippen LogP contribution is -2.30. The highest BCUT2D eigenvalue weighted by Crippen LogP contribution is 2.16. The topological polar surface area (TPSA) is 58.2 Å². The van der Waals surface area contributed by atoms with Gasteiger partial charge in [0.2, 0.25) is 5.91 Å². The van der Waals surface area contributed by atoms with Crippen LogP contribution in [0.3, 0.4) is 0 Å². The van der Waals surface area contributed by atoms with Crippen molar-refractivity contribution >= 4 is 16.7 Å². The lowest BCUT2D eigenvalue weighted by Gasteiger charge is -2.17. The Morgan fingerprint density at radius 1 is 1.16 bits per heavy atom. The van der Waals surface area contributed by atoms with Crippen LogP contribution in [0.1, 0.15) is 47.5 Å². The van der Waals surface area contributed by atoms with Crippen LogP contribution in [-0.2, 0) is 15.6 Å². The van der Waals surface area contributed by atoms with Gasteiger partial charge in [0.1, 0.15) is 0 Å². The van der Waals surface area contributed by atoms with E-state index in [2.05, 4.69) is 45.3 Å². The summed E-state index contributed by atoms with van der Waals surface area (Å²) in [7, 11) is -0.903. The fourth-order valence-corrected chi connectivity index (χ4v) is 2.40. The smallest absolute Gasteiger partial charge is 0.220 e. The summed E-state index contributed by atoms with van der Waals surface area (Å²) in [5, 5.41) is 6.10. The van der Waals surface area contributed by atoms with Crippen molar-refractivity contribution in [2.45, 2.75) is 53.5 Å². The van der Waals surface area contributed by atoms with Crippen LogP contribution < -0.4 is 10.6 Å². The molecule has 0 saturated carbocycles. The summed E-state index contributed by atoms with van der Waals surface area (Å²) in [6.45, 7) is 12.0. The first-order valence-corrected chi connectivity index (χ1v) is 8.54. The van der Waals surface area contributed by atoms with E-state index in [1.807, 2.05) is 0 Å². The molecule has 114 valence electrons. The minimum Gasteiger partial charge on any atom is -0.356 e. The van der Waals surface area contributed by atoms with Gasteiger partial charge in [0, 0.05) is 47.9 Å². The van der Waals surface area contributed by atoms with E-state index in [-0.39, 0.29) is 11.3 Å². The van der Waals surface area contributed by atoms with E-state index < -0.39 is 10.8 Å². The second kappa shape index (κ2) is 9.48. The van der Waals surface area contributed by atoms with Crippen LogP contribution in [0.25, 0.3) is 0 Å². The highest BCUT2D eigenvalue weighted by atomic mass is 32.2. The molecule has 0 aliphatic heterocycles. The standard InChI is InChI=1S/C14H30N2O2S/c1-12(2)15-9-11-19(18)10-6-13(17)16-8-7-14(3,4)5/h12,15H,6-11H2,1-5H3,(H,16,17). The van der Waals surface area contributed by atoms with Crippen molar-refractivity contribution in [1.29, 1.82) is 0 Å². The summed E-state index contributed by atoms with van der Waals surface area (Å²) in [5.41, 5.74) is 0.235. The predicted octanol–water partition coefficient (Wildman–Crippen LogP) is 1.68. The maximum Gasteiger partial charge on any atom is 0.220 e. The molecule has 5 heteroatoms. The summed E-state index contributed by atoms with van der Waals surface area (Å²) >= 11 is 0. The molecule has 1 atom stereocenters. The third kappa shape index (κ3) is 13.8. The molecule has 19 heavy (non-hydrogen) atoms. The third-order valence-corrected chi connectivity index (χ3v) is 3.96. The molecule has 4 nitrogen and oxygen atoms in total. The fourth-order valence-electron chi connectivity index (χ4n) is 1.44. The maximum atomic E-state index is 11.7. The van der Waals surface area contributed by atoms with Gasteiger partial charge in [0.15, 0.2) is 0 Å². The van der Waals surface area contributed by atoms with Gasteiger partial charge in [0.05, 0.1) is 0 Å². The quantitative estimate of drug-likeness (QED) is 0.679. The first kappa shape index (κ1) is 18.6. The second-order valence-electron chi connectivity index (χ2n) is 6.37. The molecule has 0 spiro atoms. The van der Waals surface area contributed by atoms with Crippen LogP contribution in [0, 0.1) is 5.41 Å². The van der Waals surface area contributed by atoms with Gasteiger partial charge in [0.25, 0.3) is 0 Å². The number of amides is 1. The van der Waals surface area contributed by atoms with Crippen LogP contribution in [0.5, 0.6) is 0 Å². The first-order valence-electron chi connectivity index (χ1n) is 7.06. The molecule has 0 aliphatic carbocycles. The number of nitrogens with one attached hydrogen (secondary N) is 2. The van der Waals surface area contributed by atoms with Gasteiger partial charge in [-0.15, -0.1) is 0 Å². The summed E-state index contributed by atoms with van der Waals surface area (Å²) < 4.78 is 11.7. The number of carbonyl (C=O) groups is 1. The largest absolute Gasteiger partial charge is 0.356 e. The van der Waals surface area contributed by atoms with E-state index in [0.717, 1.165) is 13.0 Å². The highest BCUT2D eigenvalue weighted by molar-refractivity contribution is 7.85. The molecule has 0 fully saturated rings. The molecule has 0 aromatic carbocycles. The Morgan fingerprint density at radius 3 is 2.32 bits per heavy atom. The van der Waals surface area contributed by atoms with Crippen molar-refractivity contribution in [1.82, 2.24) is 10.6 Å². The molecule has 0 saturated heterocycles. The number of hydrogen-bond donors (Lipinski definition) is 2. The van der Waals surface area contributed by atoms with Crippen molar-refractivity contribution in [3.05, 3.63) is 0 Å². The van der Waals surface area contributed by atoms with Crippen LogP contribution in [0.4, 0.5) is 0 Å². The van der Waals surface area contributed by atoms with Gasteiger partial charge in [-0.05, 0) is 11.8 Å². The number of rotatable bonds is 9. The summed E-state index contributed by atoms with van der Waals surface area (Å²) in [5.74, 6) is 1.09. The van der Waals surface area contributed by atoms with Crippen molar-refractivity contribution in [3.8, 4) is 0 Å². The Kier molecular flexibility index (Phi) is 9.27. The molecular formula is C14H30N2O2S. The molecule has 2 N–H and O–H groups in total. The van der Waals surface area contributed by atoms with Gasteiger partial charge in [-0.1, -0.05) is 34.6 Å². The van der Waals surface area contributed by atoms with E-state index in [1.165, 1.54) is 0 Å². The van der Waals surface area contributed by atoms with Crippen molar-refractivity contribution in [2.75, 3.05) is 24.6 Å². The van der Waals surface area contributed by atoms with Crippen LogP contribution in [0.15, 0.2) is 0 Å².